The van der Waals surface area contributed by atoms with Crippen LogP contribution in [-0.4, -0.2) is 25.9 Å². The van der Waals surface area contributed by atoms with Crippen LogP contribution in [0, 0.1) is 35.0 Å². The summed E-state index contributed by atoms with van der Waals surface area (Å²) in [6.07, 6.45) is 6.64. The lowest BCUT2D eigenvalue weighted by Crippen LogP contribution is -2.27. The maximum absolute atomic E-state index is 12.4. The molecule has 0 heterocycles. The molecule has 162 valence electrons. The van der Waals surface area contributed by atoms with E-state index in [0.29, 0.717) is 35.3 Å². The molecule has 2 rings (SSSR count). The number of aldehydes is 1. The van der Waals surface area contributed by atoms with Crippen LogP contribution >= 0.6 is 0 Å². The highest BCUT2D eigenvalue weighted by Crippen LogP contribution is 2.28. The molecule has 0 aliphatic heterocycles. The number of hydrogen-bond donors (Lipinski definition) is 1. The fourth-order valence-corrected chi connectivity index (χ4v) is 3.07. The fourth-order valence-electron chi connectivity index (χ4n) is 3.07. The van der Waals surface area contributed by atoms with Crippen molar-refractivity contribution in [2.75, 3.05) is 13.7 Å². The number of methoxy groups -OCH3 is 1. The van der Waals surface area contributed by atoms with E-state index >= 15 is 0 Å². The van der Waals surface area contributed by atoms with Gasteiger partial charge in [0.25, 0.3) is 0 Å². The van der Waals surface area contributed by atoms with Gasteiger partial charge in [-0.1, -0.05) is 36.3 Å². The minimum Gasteiger partial charge on any atom is -0.493 e. The van der Waals surface area contributed by atoms with Gasteiger partial charge >= 0.3 is 0 Å². The first-order valence-electron chi connectivity index (χ1n) is 9.91. The maximum Gasteiger partial charge on any atom is 0.221 e. The van der Waals surface area contributed by atoms with Crippen LogP contribution < -0.4 is 14.8 Å². The number of nitrogens with zero attached hydrogens (tertiary/aromatic N) is 2. The number of hydrogen-bond acceptors (Lipinski definition) is 6. The summed E-state index contributed by atoms with van der Waals surface area (Å²) in [7, 11) is 1.52. The topological polar surface area (TPSA) is 112 Å². The average Bonchev–Trinajstić information content (AvgIpc) is 2.83. The summed E-state index contributed by atoms with van der Waals surface area (Å²) in [6.45, 7) is 0.128. The molecule has 2 unspecified atom stereocenters. The van der Waals surface area contributed by atoms with Gasteiger partial charge in [-0.15, -0.1) is 6.42 Å². The van der Waals surface area contributed by atoms with Gasteiger partial charge in [0.15, 0.2) is 11.5 Å². The van der Waals surface area contributed by atoms with Gasteiger partial charge in [0.2, 0.25) is 5.91 Å². The molecule has 2 atom stereocenters. The monoisotopic (exact) mass is 429 g/mol. The normalized spacial score (nSPS) is 11.7. The predicted octanol–water partition coefficient (Wildman–Crippen LogP) is 3.22. The molecule has 0 saturated heterocycles. The SMILES string of the molecule is C#CCOc1ccc(CCC(=O)NC(C#N)c2ccc(C(C#N)CC=O)cc2)cc1OC. The minimum absolute atomic E-state index is 0.107. The van der Waals surface area contributed by atoms with E-state index < -0.39 is 12.0 Å². The number of aryl methyl sites for hydroxylation is 1. The minimum atomic E-state index is -0.822. The Balaban J connectivity index is 1.98. The molecule has 32 heavy (non-hydrogen) atoms. The van der Waals surface area contributed by atoms with Crippen LogP contribution in [0.5, 0.6) is 11.5 Å². The zero-order valence-corrected chi connectivity index (χ0v) is 17.7. The highest BCUT2D eigenvalue weighted by molar-refractivity contribution is 5.77. The summed E-state index contributed by atoms with van der Waals surface area (Å²) in [5.41, 5.74) is 2.17. The van der Waals surface area contributed by atoms with Crippen molar-refractivity contribution in [3.63, 3.8) is 0 Å². The number of rotatable bonds is 11. The van der Waals surface area contributed by atoms with E-state index in [-0.39, 0.29) is 25.4 Å². The summed E-state index contributed by atoms with van der Waals surface area (Å²) in [4.78, 5) is 23.1. The lowest BCUT2D eigenvalue weighted by molar-refractivity contribution is -0.121. The Labute approximate surface area is 187 Å². The quantitative estimate of drug-likeness (QED) is 0.434. The van der Waals surface area contributed by atoms with E-state index in [2.05, 4.69) is 23.4 Å². The molecule has 0 radical (unpaired) electrons. The molecule has 0 saturated carbocycles. The number of benzene rings is 2. The molecule has 2 aromatic rings. The lowest BCUT2D eigenvalue weighted by Gasteiger charge is -2.14. The van der Waals surface area contributed by atoms with Crippen molar-refractivity contribution in [1.82, 2.24) is 5.32 Å². The lowest BCUT2D eigenvalue weighted by atomic mass is 9.95. The third-order valence-corrected chi connectivity index (χ3v) is 4.77. The van der Waals surface area contributed by atoms with Gasteiger partial charge in [0.1, 0.15) is 18.9 Å². The van der Waals surface area contributed by atoms with Gasteiger partial charge in [0.05, 0.1) is 25.2 Å². The Hall–Kier alpha value is -4.28. The van der Waals surface area contributed by atoms with E-state index in [4.69, 9.17) is 21.2 Å². The predicted molar refractivity (Wildman–Crippen MR) is 118 cm³/mol. The van der Waals surface area contributed by atoms with E-state index in [1.807, 2.05) is 6.07 Å². The second-order valence-corrected chi connectivity index (χ2v) is 6.86. The summed E-state index contributed by atoms with van der Waals surface area (Å²) in [6, 6.07) is 15.4. The molecule has 7 heteroatoms. The molecule has 0 aromatic heterocycles. The van der Waals surface area contributed by atoms with Gasteiger partial charge in [-0.25, -0.2) is 0 Å². The largest absolute Gasteiger partial charge is 0.493 e. The molecule has 0 aliphatic carbocycles. The van der Waals surface area contributed by atoms with Gasteiger partial charge in [-0.3, -0.25) is 4.79 Å². The van der Waals surface area contributed by atoms with Crippen LogP contribution in [0.25, 0.3) is 0 Å². The Morgan fingerprint density at radius 2 is 1.84 bits per heavy atom. The summed E-state index contributed by atoms with van der Waals surface area (Å²) >= 11 is 0. The number of carbonyl (C=O) groups is 2. The van der Waals surface area contributed by atoms with Crippen LogP contribution in [0.1, 0.15) is 41.5 Å². The van der Waals surface area contributed by atoms with Crippen molar-refractivity contribution in [1.29, 1.82) is 10.5 Å². The highest BCUT2D eigenvalue weighted by atomic mass is 16.5. The van der Waals surface area contributed by atoms with Gasteiger partial charge in [-0.2, -0.15) is 10.5 Å². The zero-order valence-electron chi connectivity index (χ0n) is 17.7. The molecular weight excluding hydrogens is 406 g/mol. The third-order valence-electron chi connectivity index (χ3n) is 4.77. The van der Waals surface area contributed by atoms with Crippen LogP contribution in [-0.2, 0) is 16.0 Å². The zero-order chi connectivity index (χ0) is 23.3. The number of nitrogens with one attached hydrogen (secondary N) is 1. The number of nitriles is 2. The van der Waals surface area contributed by atoms with E-state index in [1.54, 1.807) is 36.4 Å². The van der Waals surface area contributed by atoms with Crippen LogP contribution in [0.3, 0.4) is 0 Å². The van der Waals surface area contributed by atoms with E-state index in [1.165, 1.54) is 7.11 Å². The standard InChI is InChI=1S/C25H23N3O4/c1-3-14-32-23-10-4-18(15-24(23)31-2)5-11-25(30)28-22(17-27)20-8-6-19(7-9-20)21(16-26)12-13-29/h1,4,6-10,13,15,21-22H,5,11-12,14H2,2H3,(H,28,30). The van der Waals surface area contributed by atoms with Gasteiger partial charge in [-0.05, 0) is 35.2 Å². The molecule has 0 fully saturated rings. The molecule has 7 nitrogen and oxygen atoms in total. The highest BCUT2D eigenvalue weighted by Gasteiger charge is 2.16. The average molecular weight is 429 g/mol. The molecule has 0 aliphatic rings. The molecule has 1 N–H and O–H groups in total. The van der Waals surface area contributed by atoms with Crippen molar-refractivity contribution in [2.24, 2.45) is 0 Å². The molecular formula is C25H23N3O4. The van der Waals surface area contributed by atoms with Crippen molar-refractivity contribution in [2.45, 2.75) is 31.2 Å². The van der Waals surface area contributed by atoms with Crippen molar-refractivity contribution in [3.8, 4) is 36.0 Å². The van der Waals surface area contributed by atoms with Crippen molar-refractivity contribution < 1.29 is 19.1 Å². The molecule has 1 amide bonds. The molecule has 0 bridgehead atoms. The number of terminal acetylenes is 1. The number of ether oxygens (including phenoxy) is 2. The number of amides is 1. The first-order chi connectivity index (χ1) is 15.6. The number of carbonyl (C=O) groups excluding carboxylic acids is 2. The molecule has 0 spiro atoms. The Kier molecular flexibility index (Phi) is 9.31. The summed E-state index contributed by atoms with van der Waals surface area (Å²) in [5.74, 6) is 2.64. The van der Waals surface area contributed by atoms with Crippen molar-refractivity contribution >= 4 is 12.2 Å². The van der Waals surface area contributed by atoms with Crippen LogP contribution in [0.2, 0.25) is 0 Å². The smallest absolute Gasteiger partial charge is 0.221 e. The molecule has 2 aromatic carbocycles. The second-order valence-electron chi connectivity index (χ2n) is 6.86. The van der Waals surface area contributed by atoms with E-state index in [0.717, 1.165) is 5.56 Å². The van der Waals surface area contributed by atoms with Gasteiger partial charge < -0.3 is 19.6 Å². The van der Waals surface area contributed by atoms with Crippen LogP contribution in [0.4, 0.5) is 0 Å². The first kappa shape index (κ1) is 24.0. The summed E-state index contributed by atoms with van der Waals surface area (Å²) in [5, 5.41) is 21.3. The first-order valence-corrected chi connectivity index (χ1v) is 9.91. The van der Waals surface area contributed by atoms with E-state index in [9.17, 15) is 14.9 Å². The Morgan fingerprint density at radius 1 is 1.12 bits per heavy atom. The van der Waals surface area contributed by atoms with Crippen LogP contribution in [0.15, 0.2) is 42.5 Å². The fraction of sp³-hybridized carbons (Fsp3) is 0.280. The van der Waals surface area contributed by atoms with Crippen molar-refractivity contribution in [3.05, 3.63) is 59.2 Å². The van der Waals surface area contributed by atoms with Gasteiger partial charge in [0, 0.05) is 12.8 Å². The Bertz CT molecular complexity index is 1060. The maximum atomic E-state index is 12.4. The Morgan fingerprint density at radius 3 is 2.44 bits per heavy atom. The summed E-state index contributed by atoms with van der Waals surface area (Å²) < 4.78 is 10.7. The second kappa shape index (κ2) is 12.4. The third kappa shape index (κ3) is 6.62.